The zero-order valence-electron chi connectivity index (χ0n) is 45.8. The van der Waals surface area contributed by atoms with E-state index < -0.39 is 14.5 Å². The second-order valence-electron chi connectivity index (χ2n) is 18.5. The van der Waals surface area contributed by atoms with Gasteiger partial charge in [-0.2, -0.15) is 10.5 Å². The summed E-state index contributed by atoms with van der Waals surface area (Å²) < 4.78 is 33.2. The summed E-state index contributed by atoms with van der Waals surface area (Å²) in [6.45, 7) is 17.7. The van der Waals surface area contributed by atoms with Crippen LogP contribution in [0.5, 0.6) is 0 Å². The normalized spacial score (nSPS) is 11.5. The number of nitriles is 2. The molecule has 10 aromatic rings. The summed E-state index contributed by atoms with van der Waals surface area (Å²) in [5, 5.41) is 16.5. The van der Waals surface area contributed by atoms with E-state index in [0.29, 0.717) is 11.1 Å². The summed E-state index contributed by atoms with van der Waals surface area (Å²) in [5.41, 5.74) is 22.2. The van der Waals surface area contributed by atoms with E-state index in [-0.39, 0.29) is 17.1 Å². The number of fused-ring (bicyclic) bond motifs is 8. The van der Waals surface area contributed by atoms with Crippen molar-refractivity contribution in [3.8, 4) is 12.1 Å². The number of hydrogen-bond donors (Lipinski definition) is 0. The van der Waals surface area contributed by atoms with E-state index in [1.54, 1.807) is 49.1 Å². The summed E-state index contributed by atoms with van der Waals surface area (Å²) in [5.74, 6) is 4.13. The number of halogens is 4. The Morgan fingerprint density at radius 3 is 0.659 bits per heavy atom. The van der Waals surface area contributed by atoms with Gasteiger partial charge in [-0.25, -0.2) is 18.6 Å². The molecule has 0 radical (unpaired) electrons. The van der Waals surface area contributed by atoms with Crippen molar-refractivity contribution in [2.45, 2.75) is 59.7 Å². The molecule has 414 valence electrons. The van der Waals surface area contributed by atoms with Crippen molar-refractivity contribution < 1.29 is 45.9 Å². The van der Waals surface area contributed by atoms with Crippen LogP contribution in [0.1, 0.15) is 123 Å². The molecule has 12 nitrogen and oxygen atoms in total. The van der Waals surface area contributed by atoms with E-state index in [1.165, 1.54) is 0 Å². The van der Waals surface area contributed by atoms with Gasteiger partial charge < -0.3 is 19.9 Å². The summed E-state index contributed by atoms with van der Waals surface area (Å²) in [7, 11) is -4.94. The number of aromatic nitrogens is 6. The molecule has 0 amide bonds. The summed E-state index contributed by atoms with van der Waals surface area (Å²) >= 11 is 14.4. The molecule has 82 heavy (non-hydrogen) atoms. The largest absolute Gasteiger partial charge is 0.628 e. The number of pyridine rings is 2. The average Bonchev–Trinajstić information content (AvgIpc) is 4.30. The molecule has 0 fully saturated rings. The summed E-state index contributed by atoms with van der Waals surface area (Å²) in [6.07, 6.45) is 6.38. The average molecular weight is 1210 g/mol. The molecule has 0 N–H and O–H groups in total. The maximum atomic E-state index is 8.49. The maximum Gasteiger partial charge on any atom is 0.180 e. The van der Waals surface area contributed by atoms with Crippen molar-refractivity contribution in [2.75, 3.05) is 0 Å². The Kier molecular flexibility index (Phi) is 22.3. The Morgan fingerprint density at radius 2 is 0.524 bits per heavy atom. The Bertz CT molecular complexity index is 3190. The maximum absolute atomic E-state index is 8.49. The van der Waals surface area contributed by atoms with Gasteiger partial charge in [-0.05, 0) is 198 Å². The molecule has 11 rings (SSSR count). The molecule has 8 bridgehead atoms. The van der Waals surface area contributed by atoms with E-state index in [4.69, 9.17) is 83.9 Å². The predicted molar refractivity (Wildman–Crippen MR) is 304 cm³/mol. The Labute approximate surface area is 507 Å². The third kappa shape index (κ3) is 15.0. The second-order valence-corrected chi connectivity index (χ2v) is 21.3. The molecule has 0 atom stereocenters. The van der Waals surface area contributed by atoms with Gasteiger partial charge in [0.1, 0.15) is 0 Å². The molecule has 6 aromatic heterocycles. The first-order valence-corrected chi connectivity index (χ1v) is 27.7. The van der Waals surface area contributed by atoms with Crippen LogP contribution in [0.2, 0.25) is 0 Å². The van der Waals surface area contributed by atoms with E-state index in [0.717, 1.165) is 136 Å². The zero-order valence-corrected chi connectivity index (χ0v) is 49.9. The van der Waals surface area contributed by atoms with Gasteiger partial charge in [-0.3, -0.25) is 9.97 Å². The van der Waals surface area contributed by atoms with Gasteiger partial charge in [0.15, 0.2) is 4.30 Å². The molecule has 1 aliphatic heterocycles. The van der Waals surface area contributed by atoms with Crippen LogP contribution in [0.15, 0.2) is 170 Å². The minimum Gasteiger partial charge on any atom is -0.628 e. The molecule has 0 saturated carbocycles. The number of alkyl halides is 3. The Morgan fingerprint density at radius 1 is 0.366 bits per heavy atom. The molecule has 1 aliphatic rings. The Balaban J connectivity index is 0.000000344. The first-order valence-electron chi connectivity index (χ1n) is 25.2. The number of benzene rings is 4. The molecule has 7 heterocycles. The fourth-order valence-electron chi connectivity index (χ4n) is 9.30. The van der Waals surface area contributed by atoms with Crippen LogP contribution >= 0.6 is 34.8 Å². The fraction of sp³-hybridized carbons (Fsp3) is 0.138. The first-order chi connectivity index (χ1) is 38.7. The van der Waals surface area contributed by atoms with Crippen molar-refractivity contribution in [1.82, 2.24) is 29.9 Å². The van der Waals surface area contributed by atoms with Crippen molar-refractivity contribution in [3.05, 3.63) is 317 Å². The SMILES string of the molecule is Cc1c2[n-]c(c1C)[C+](c1ccccc1)c1[n-]c(c(C)c1C)[C+](c1ccccc1)c1[n-]c(c(C)c1C)[C+](c1ccccc1)c1[n-]c(c(C)c1C)[C+]2c1ccccc1.ClC(Cl)Cl.N#Cc1ccncc1.N#Cc1ccncc1.[Fe].[O-][Cl+3]([O-])([O-])[O-]. The van der Waals surface area contributed by atoms with Gasteiger partial charge in [0.05, 0.1) is 45.5 Å². The van der Waals surface area contributed by atoms with Crippen molar-refractivity contribution in [2.24, 2.45) is 0 Å². The number of rotatable bonds is 4. The van der Waals surface area contributed by atoms with Crippen molar-refractivity contribution in [3.63, 3.8) is 0 Å². The molecule has 4 aromatic carbocycles. The van der Waals surface area contributed by atoms with Crippen LogP contribution in [0.25, 0.3) is 0 Å². The van der Waals surface area contributed by atoms with Gasteiger partial charge in [-0.15, -0.1) is 10.2 Å². The molecule has 0 saturated heterocycles. The van der Waals surface area contributed by atoms with Gasteiger partial charge in [0.2, 0.25) is 0 Å². The van der Waals surface area contributed by atoms with Gasteiger partial charge in [0.25, 0.3) is 0 Å². The van der Waals surface area contributed by atoms with Crippen LogP contribution in [-0.4, -0.2) is 14.3 Å². The minimum atomic E-state index is -4.94. The third-order valence-corrected chi connectivity index (χ3v) is 13.7. The van der Waals surface area contributed by atoms with Crippen LogP contribution in [0, 0.1) is 112 Å². The Hall–Kier alpha value is -7.72. The molecular weight excluding hydrogens is 1150 g/mol. The number of hydrogen-bond acceptors (Lipinski definition) is 8. The van der Waals surface area contributed by atoms with Gasteiger partial charge >= 0.3 is 0 Å². The van der Waals surface area contributed by atoms with E-state index >= 15 is 0 Å². The quantitative estimate of drug-likeness (QED) is 0.0913. The molecule has 0 unspecified atom stereocenters. The summed E-state index contributed by atoms with van der Waals surface area (Å²) in [6, 6.07) is 53.2. The molecule has 0 aliphatic carbocycles. The zero-order chi connectivity index (χ0) is 58.5. The van der Waals surface area contributed by atoms with E-state index in [1.807, 2.05) is 12.1 Å². The van der Waals surface area contributed by atoms with Crippen molar-refractivity contribution >= 4 is 34.8 Å². The smallest absolute Gasteiger partial charge is 0.180 e. The van der Waals surface area contributed by atoms with Gasteiger partial charge in [-0.1, -0.05) is 34.8 Å². The van der Waals surface area contributed by atoms with Gasteiger partial charge in [0, 0.05) is 159 Å². The van der Waals surface area contributed by atoms with Crippen LogP contribution in [-0.2, 0) is 17.1 Å². The van der Waals surface area contributed by atoms with Crippen molar-refractivity contribution in [1.29, 1.82) is 10.5 Å². The van der Waals surface area contributed by atoms with Crippen LogP contribution < -0.4 is 38.6 Å². The topological polar surface area (TPSA) is 222 Å². The fourth-order valence-corrected chi connectivity index (χ4v) is 9.30. The van der Waals surface area contributed by atoms with Crippen LogP contribution in [0.4, 0.5) is 0 Å². The molecule has 0 spiro atoms. The van der Waals surface area contributed by atoms with E-state index in [2.05, 4.69) is 187 Å². The minimum absolute atomic E-state index is 0. The standard InChI is InChI=1S/C52H44N4.2C6H4N2.CHCl3.ClHO4.Fe/c1-29-30(2)46-42(38-23-15-10-16-24-38)48-33(5)34(6)50(55-48)44(40-27-19-12-20-28-40)52-36(8)35(7)51(56-52)43(39-25-17-11-18-26-39)49-32(4)31(3)47(54-49)41(45(29)53-46)37-21-13-9-14-22-37;2*7-5-6-1-3-8-4-2-6;2-1(3)4;2-1(3,4)5;/h9-28H,1-8H3;2*1-4H;1H;(H,2,3,4,5);/p-1. The third-order valence-electron chi connectivity index (χ3n) is 13.7. The van der Waals surface area contributed by atoms with Crippen LogP contribution in [0.3, 0.4) is 0 Å². The second kappa shape index (κ2) is 28.8. The molecule has 17 heteroatoms. The summed E-state index contributed by atoms with van der Waals surface area (Å²) in [4.78, 5) is 30.2. The predicted octanol–water partition coefficient (Wildman–Crippen LogP) is 9.51. The number of nitrogens with zero attached hydrogens (tertiary/aromatic N) is 8. The molecular formula is C65H53Cl4FeN8O4-. The van der Waals surface area contributed by atoms with E-state index in [9.17, 15) is 0 Å². The first kappa shape index (κ1) is 63.5. The monoisotopic (exact) mass is 1210 g/mol.